The van der Waals surface area contributed by atoms with Crippen molar-refractivity contribution in [3.63, 3.8) is 0 Å². The molecule has 5 aromatic rings. The monoisotopic (exact) mass is 530 g/mol. The number of hydrogen-bond donors (Lipinski definition) is 3. The number of furan rings is 1. The molecule has 8 nitrogen and oxygen atoms in total. The third kappa shape index (κ3) is 6.65. The van der Waals surface area contributed by atoms with Gasteiger partial charge in [0.05, 0.1) is 17.5 Å². The lowest BCUT2D eigenvalue weighted by atomic mass is 10.1. The molecule has 40 heavy (non-hydrogen) atoms. The zero-order chi connectivity index (χ0) is 27.7. The van der Waals surface area contributed by atoms with Gasteiger partial charge in [-0.3, -0.25) is 4.90 Å². The number of nitrogens with zero attached hydrogens (tertiary/aromatic N) is 3. The highest BCUT2D eigenvalue weighted by Gasteiger charge is 2.19. The van der Waals surface area contributed by atoms with E-state index in [-0.39, 0.29) is 6.03 Å². The normalized spacial score (nSPS) is 10.7. The van der Waals surface area contributed by atoms with Crippen molar-refractivity contribution in [1.82, 2.24) is 14.9 Å². The number of benzene rings is 3. The second kappa shape index (κ2) is 12.6. The Bertz CT molecular complexity index is 1640. The van der Waals surface area contributed by atoms with E-state index in [0.717, 1.165) is 39.9 Å². The Morgan fingerprint density at radius 2 is 1.55 bits per heavy atom. The van der Waals surface area contributed by atoms with E-state index in [9.17, 15) is 4.79 Å². The van der Waals surface area contributed by atoms with Gasteiger partial charge >= 0.3 is 6.03 Å². The topological polar surface area (TPSA) is 95.3 Å². The number of hydrogen-bond acceptors (Lipinski definition) is 6. The summed E-state index contributed by atoms with van der Waals surface area (Å²) in [7, 11) is 3.97. The average molecular weight is 531 g/mol. The quantitative estimate of drug-likeness (QED) is 0.210. The molecule has 0 saturated carbocycles. The molecule has 0 aliphatic carbocycles. The fourth-order valence-electron chi connectivity index (χ4n) is 4.16. The van der Waals surface area contributed by atoms with Gasteiger partial charge in [0.15, 0.2) is 5.76 Å². The zero-order valence-electron chi connectivity index (χ0n) is 22.4. The van der Waals surface area contributed by atoms with E-state index in [1.54, 1.807) is 0 Å². The highest BCUT2D eigenvalue weighted by atomic mass is 16.3. The Balaban J connectivity index is 1.28. The molecule has 2 aromatic heterocycles. The van der Waals surface area contributed by atoms with E-state index < -0.39 is 0 Å². The van der Waals surface area contributed by atoms with Gasteiger partial charge < -0.3 is 20.4 Å². The van der Waals surface area contributed by atoms with Gasteiger partial charge in [0.25, 0.3) is 0 Å². The number of rotatable bonds is 8. The van der Waals surface area contributed by atoms with Crippen molar-refractivity contribution >= 4 is 34.3 Å². The molecule has 0 fully saturated rings. The first-order valence-corrected chi connectivity index (χ1v) is 13.0. The molecule has 0 saturated heterocycles. The molecule has 5 rings (SSSR count). The van der Waals surface area contributed by atoms with Crippen molar-refractivity contribution in [3.8, 4) is 23.2 Å². The summed E-state index contributed by atoms with van der Waals surface area (Å²) in [6, 6.07) is 26.7. The van der Waals surface area contributed by atoms with E-state index in [4.69, 9.17) is 4.42 Å². The third-order valence-electron chi connectivity index (χ3n) is 6.08. The number of urea groups is 1. The van der Waals surface area contributed by atoms with Crippen LogP contribution in [0.5, 0.6) is 0 Å². The summed E-state index contributed by atoms with van der Waals surface area (Å²) in [6.45, 7) is 1.26. The maximum absolute atomic E-state index is 12.3. The van der Waals surface area contributed by atoms with Crippen molar-refractivity contribution in [2.75, 3.05) is 43.1 Å². The van der Waals surface area contributed by atoms with Crippen LogP contribution in [0.15, 0.2) is 95.7 Å². The Morgan fingerprint density at radius 3 is 2.25 bits per heavy atom. The van der Waals surface area contributed by atoms with Crippen LogP contribution in [0.25, 0.3) is 22.4 Å². The van der Waals surface area contributed by atoms with E-state index in [1.165, 1.54) is 6.33 Å². The smallest absolute Gasteiger partial charge is 0.323 e. The fraction of sp³-hybridized carbons (Fsp3) is 0.156. The van der Waals surface area contributed by atoms with Gasteiger partial charge in [0.2, 0.25) is 5.71 Å². The van der Waals surface area contributed by atoms with Crippen LogP contribution in [0.2, 0.25) is 0 Å². The summed E-state index contributed by atoms with van der Waals surface area (Å²) in [5.74, 6) is 7.90. The van der Waals surface area contributed by atoms with Gasteiger partial charge in [0, 0.05) is 23.5 Å². The van der Waals surface area contributed by atoms with Crippen LogP contribution >= 0.6 is 0 Å². The Hall–Kier alpha value is -5.13. The molecule has 0 aliphatic heterocycles. The van der Waals surface area contributed by atoms with Gasteiger partial charge in [-0.1, -0.05) is 72.5 Å². The van der Waals surface area contributed by atoms with E-state index in [0.29, 0.717) is 30.4 Å². The van der Waals surface area contributed by atoms with Crippen molar-refractivity contribution < 1.29 is 9.21 Å². The summed E-state index contributed by atoms with van der Waals surface area (Å²) in [5.41, 5.74) is 4.78. The van der Waals surface area contributed by atoms with Crippen LogP contribution in [0.1, 0.15) is 11.1 Å². The van der Waals surface area contributed by atoms with Crippen LogP contribution in [0.3, 0.4) is 0 Å². The van der Waals surface area contributed by atoms with Crippen LogP contribution in [0.4, 0.5) is 22.0 Å². The van der Waals surface area contributed by atoms with Crippen molar-refractivity contribution in [2.45, 2.75) is 6.42 Å². The molecule has 2 amide bonds. The number of aromatic nitrogens is 2. The highest BCUT2D eigenvalue weighted by Crippen LogP contribution is 2.35. The van der Waals surface area contributed by atoms with Gasteiger partial charge in [-0.15, -0.1) is 0 Å². The molecule has 0 bridgehead atoms. The largest absolute Gasteiger partial charge is 0.436 e. The molecule has 0 spiro atoms. The number of carbonyl (C=O) groups is 1. The lowest BCUT2D eigenvalue weighted by Crippen LogP contribution is -2.19. The van der Waals surface area contributed by atoms with Crippen LogP contribution in [-0.2, 0) is 6.42 Å². The number of fused-ring (bicyclic) bond motifs is 1. The predicted octanol–water partition coefficient (Wildman–Crippen LogP) is 6.10. The van der Waals surface area contributed by atoms with Crippen LogP contribution in [0, 0.1) is 11.8 Å². The Morgan fingerprint density at radius 1 is 0.875 bits per heavy atom. The lowest BCUT2D eigenvalue weighted by molar-refractivity contribution is 0.262. The van der Waals surface area contributed by atoms with Crippen LogP contribution < -0.4 is 16.0 Å². The highest BCUT2D eigenvalue weighted by molar-refractivity contribution is 5.99. The minimum absolute atomic E-state index is 0.284. The summed E-state index contributed by atoms with van der Waals surface area (Å²) >= 11 is 0. The van der Waals surface area contributed by atoms with E-state index >= 15 is 0 Å². The SMILES string of the molecule is CN(C)CC#Cc1c(-c2ccccc2)oc2ncnc(NCCc3ccc(NC(=O)Nc4ccccc4)cc3)c12. The summed E-state index contributed by atoms with van der Waals surface area (Å²) in [6.07, 6.45) is 2.26. The Kier molecular flexibility index (Phi) is 8.35. The zero-order valence-corrected chi connectivity index (χ0v) is 22.4. The van der Waals surface area contributed by atoms with Crippen molar-refractivity contribution in [3.05, 3.63) is 102 Å². The lowest BCUT2D eigenvalue weighted by Gasteiger charge is -2.09. The second-order valence-electron chi connectivity index (χ2n) is 9.43. The molecular formula is C32H30N6O2. The van der Waals surface area contributed by atoms with E-state index in [1.807, 2.05) is 104 Å². The maximum atomic E-state index is 12.3. The third-order valence-corrected chi connectivity index (χ3v) is 6.08. The van der Waals surface area contributed by atoms with Gasteiger partial charge in [-0.25, -0.2) is 14.8 Å². The number of amides is 2. The first-order valence-electron chi connectivity index (χ1n) is 13.0. The first kappa shape index (κ1) is 26.5. The predicted molar refractivity (Wildman–Crippen MR) is 160 cm³/mol. The molecule has 0 atom stereocenters. The van der Waals surface area contributed by atoms with Gasteiger partial charge in [-0.2, -0.15) is 0 Å². The molecule has 0 aliphatic rings. The number of carbonyl (C=O) groups excluding carboxylic acids is 1. The fourth-order valence-corrected chi connectivity index (χ4v) is 4.16. The summed E-state index contributed by atoms with van der Waals surface area (Å²) in [4.78, 5) is 23.2. The van der Waals surface area contributed by atoms with Crippen molar-refractivity contribution in [1.29, 1.82) is 0 Å². The Labute approximate surface area is 233 Å². The second-order valence-corrected chi connectivity index (χ2v) is 9.43. The molecule has 200 valence electrons. The number of nitrogens with one attached hydrogen (secondary N) is 3. The number of anilines is 3. The van der Waals surface area contributed by atoms with Gasteiger partial charge in [-0.05, 0) is 50.3 Å². The molecule has 0 unspecified atom stereocenters. The minimum atomic E-state index is -0.284. The maximum Gasteiger partial charge on any atom is 0.323 e. The average Bonchev–Trinajstić information content (AvgIpc) is 3.34. The first-order chi connectivity index (χ1) is 19.6. The molecule has 0 radical (unpaired) electrons. The molecular weight excluding hydrogens is 500 g/mol. The number of para-hydroxylation sites is 1. The van der Waals surface area contributed by atoms with E-state index in [2.05, 4.69) is 37.8 Å². The molecule has 8 heteroatoms. The summed E-state index contributed by atoms with van der Waals surface area (Å²) in [5, 5.41) is 9.89. The molecule has 3 aromatic carbocycles. The van der Waals surface area contributed by atoms with Crippen molar-refractivity contribution in [2.24, 2.45) is 0 Å². The standard InChI is InChI=1S/C32H30N6O2/c1-38(2)21-9-14-27-28-30(34-22-35-31(28)40-29(27)24-10-5-3-6-11-24)33-20-19-23-15-17-26(18-16-23)37-32(39)36-25-12-7-4-8-13-25/h3-8,10-13,15-18,22H,19-21H2,1-2H3,(H,33,34,35)(H2,36,37,39). The minimum Gasteiger partial charge on any atom is -0.436 e. The summed E-state index contributed by atoms with van der Waals surface area (Å²) < 4.78 is 6.18. The van der Waals surface area contributed by atoms with Crippen LogP contribution in [-0.4, -0.2) is 48.1 Å². The molecule has 2 heterocycles. The molecule has 3 N–H and O–H groups in total. The van der Waals surface area contributed by atoms with Gasteiger partial charge in [0.1, 0.15) is 12.1 Å².